The topological polar surface area (TPSA) is 125 Å². The van der Waals surface area contributed by atoms with Crippen LogP contribution in [-0.4, -0.2) is 55.9 Å². The van der Waals surface area contributed by atoms with Gasteiger partial charge in [-0.25, -0.2) is 8.42 Å². The number of hydrogen-bond acceptors (Lipinski definition) is 6. The monoisotopic (exact) mass is 439 g/mol. The number of sulfonamides is 1. The summed E-state index contributed by atoms with van der Waals surface area (Å²) < 4.78 is 32.0. The molecule has 0 aromatic heterocycles. The van der Waals surface area contributed by atoms with E-state index >= 15 is 0 Å². The summed E-state index contributed by atoms with van der Waals surface area (Å²) in [4.78, 5) is 24.2. The van der Waals surface area contributed by atoms with Crippen LogP contribution in [0.4, 0.5) is 11.4 Å². The van der Waals surface area contributed by atoms with Gasteiger partial charge in [-0.3, -0.25) is 9.59 Å². The predicted molar refractivity (Wildman–Crippen MR) is 106 cm³/mol. The Bertz CT molecular complexity index is 1040. The van der Waals surface area contributed by atoms with E-state index in [2.05, 4.69) is 10.6 Å². The molecule has 1 fully saturated rings. The number of anilines is 2. The van der Waals surface area contributed by atoms with Gasteiger partial charge in [-0.2, -0.15) is 4.31 Å². The molecule has 0 radical (unpaired) electrons. The maximum atomic E-state index is 12.8. The smallest absolute Gasteiger partial charge is 0.314 e. The largest absolute Gasteiger partial charge is 0.506 e. The number of para-hydroxylation sites is 2. The van der Waals surface area contributed by atoms with Crippen molar-refractivity contribution >= 4 is 44.8 Å². The zero-order chi connectivity index (χ0) is 21.0. The summed E-state index contributed by atoms with van der Waals surface area (Å²) in [7, 11) is -3.80. The second-order valence-electron chi connectivity index (χ2n) is 6.08. The van der Waals surface area contributed by atoms with E-state index in [-0.39, 0.29) is 40.1 Å². The van der Waals surface area contributed by atoms with Crippen molar-refractivity contribution in [1.82, 2.24) is 4.31 Å². The Morgan fingerprint density at radius 3 is 2.28 bits per heavy atom. The van der Waals surface area contributed by atoms with Crippen LogP contribution in [0.5, 0.6) is 5.75 Å². The van der Waals surface area contributed by atoms with Crippen LogP contribution in [0.2, 0.25) is 5.02 Å². The normalized spacial score (nSPS) is 14.9. The van der Waals surface area contributed by atoms with E-state index in [1.807, 2.05) is 0 Å². The number of halogens is 1. The van der Waals surface area contributed by atoms with Crippen molar-refractivity contribution in [2.75, 3.05) is 36.9 Å². The molecule has 0 spiro atoms. The average Bonchev–Trinajstić information content (AvgIpc) is 2.71. The van der Waals surface area contributed by atoms with E-state index in [4.69, 9.17) is 16.3 Å². The number of phenols is 1. The summed E-state index contributed by atoms with van der Waals surface area (Å²) in [5, 5.41) is 14.3. The highest BCUT2D eigenvalue weighted by molar-refractivity contribution is 7.89. The molecule has 0 atom stereocenters. The summed E-state index contributed by atoms with van der Waals surface area (Å²) in [5.41, 5.74) is 0.0285. The van der Waals surface area contributed by atoms with Crippen LogP contribution in [0.25, 0.3) is 0 Å². The number of nitrogens with zero attached hydrogens (tertiary/aromatic N) is 1. The van der Waals surface area contributed by atoms with E-state index in [1.165, 1.54) is 34.6 Å². The van der Waals surface area contributed by atoms with Crippen LogP contribution in [0.1, 0.15) is 0 Å². The molecular weight excluding hydrogens is 422 g/mol. The number of hydrogen-bond donors (Lipinski definition) is 3. The number of carbonyl (C=O) groups excluding carboxylic acids is 2. The fourth-order valence-electron chi connectivity index (χ4n) is 2.63. The lowest BCUT2D eigenvalue weighted by molar-refractivity contribution is -0.133. The molecule has 29 heavy (non-hydrogen) atoms. The van der Waals surface area contributed by atoms with E-state index in [0.29, 0.717) is 13.2 Å². The zero-order valence-corrected chi connectivity index (χ0v) is 16.7. The Kier molecular flexibility index (Phi) is 6.38. The molecule has 2 aromatic carbocycles. The fourth-order valence-corrected chi connectivity index (χ4v) is 4.23. The number of ether oxygens (including phenoxy) is 1. The third-order valence-corrected chi connectivity index (χ3v) is 6.38. The standard InChI is InChI=1S/C18H18ClN3O6S/c19-13-6-5-12(29(26,27)22-7-9-28-10-8-22)11-15(13)21-18(25)17(24)20-14-3-1-2-4-16(14)23/h1-6,11,23H,7-10H2,(H,20,24)(H,21,25). The van der Waals surface area contributed by atoms with Gasteiger partial charge in [0.1, 0.15) is 5.75 Å². The van der Waals surface area contributed by atoms with Crippen molar-refractivity contribution < 1.29 is 27.9 Å². The summed E-state index contributed by atoms with van der Waals surface area (Å²) in [6.45, 7) is 1.02. The highest BCUT2D eigenvalue weighted by Crippen LogP contribution is 2.27. The van der Waals surface area contributed by atoms with Crippen LogP contribution < -0.4 is 10.6 Å². The number of carbonyl (C=O) groups is 2. The summed E-state index contributed by atoms with van der Waals surface area (Å²) in [5.74, 6) is -2.33. The van der Waals surface area contributed by atoms with E-state index in [9.17, 15) is 23.1 Å². The maximum absolute atomic E-state index is 12.8. The summed E-state index contributed by atoms with van der Waals surface area (Å²) >= 11 is 6.05. The van der Waals surface area contributed by atoms with Crippen molar-refractivity contribution in [1.29, 1.82) is 0 Å². The molecule has 1 heterocycles. The molecule has 0 saturated carbocycles. The Morgan fingerprint density at radius 2 is 1.62 bits per heavy atom. The number of amides is 2. The van der Waals surface area contributed by atoms with Crippen molar-refractivity contribution in [2.24, 2.45) is 0 Å². The predicted octanol–water partition coefficient (Wildman–Crippen LogP) is 1.64. The summed E-state index contributed by atoms with van der Waals surface area (Å²) in [6, 6.07) is 9.75. The van der Waals surface area contributed by atoms with Gasteiger partial charge in [0.25, 0.3) is 0 Å². The minimum Gasteiger partial charge on any atom is -0.506 e. The number of morpholine rings is 1. The first kappa shape index (κ1) is 21.1. The van der Waals surface area contributed by atoms with Crippen molar-refractivity contribution in [3.63, 3.8) is 0 Å². The van der Waals surface area contributed by atoms with Crippen LogP contribution in [-0.2, 0) is 24.3 Å². The van der Waals surface area contributed by atoms with Crippen LogP contribution in [0.15, 0.2) is 47.4 Å². The number of benzene rings is 2. The molecule has 11 heteroatoms. The molecule has 1 saturated heterocycles. The highest BCUT2D eigenvalue weighted by Gasteiger charge is 2.27. The van der Waals surface area contributed by atoms with E-state index in [0.717, 1.165) is 0 Å². The van der Waals surface area contributed by atoms with Crippen LogP contribution in [0, 0.1) is 0 Å². The third kappa shape index (κ3) is 4.85. The van der Waals surface area contributed by atoms with Gasteiger partial charge < -0.3 is 20.5 Å². The van der Waals surface area contributed by atoms with E-state index in [1.54, 1.807) is 12.1 Å². The SMILES string of the molecule is O=C(Nc1ccccc1O)C(=O)Nc1cc(S(=O)(=O)N2CCOCC2)ccc1Cl. The first-order chi connectivity index (χ1) is 13.8. The first-order valence-electron chi connectivity index (χ1n) is 8.57. The Morgan fingerprint density at radius 1 is 1.00 bits per heavy atom. The quantitative estimate of drug-likeness (QED) is 0.491. The highest BCUT2D eigenvalue weighted by atomic mass is 35.5. The lowest BCUT2D eigenvalue weighted by atomic mass is 10.3. The number of phenolic OH excluding ortho intramolecular Hbond substituents is 1. The van der Waals surface area contributed by atoms with Crippen molar-refractivity contribution in [3.05, 3.63) is 47.5 Å². The van der Waals surface area contributed by atoms with Gasteiger partial charge in [0.15, 0.2) is 0 Å². The lowest BCUT2D eigenvalue weighted by Crippen LogP contribution is -2.40. The minimum atomic E-state index is -3.80. The first-order valence-corrected chi connectivity index (χ1v) is 10.4. The maximum Gasteiger partial charge on any atom is 0.314 e. The Labute approximate surface area is 172 Å². The molecule has 0 aliphatic carbocycles. The molecule has 1 aliphatic heterocycles. The second kappa shape index (κ2) is 8.78. The Hall–Kier alpha value is -2.66. The van der Waals surface area contributed by atoms with Gasteiger partial charge in [0.2, 0.25) is 10.0 Å². The van der Waals surface area contributed by atoms with Crippen LogP contribution in [0.3, 0.4) is 0 Å². The molecule has 2 amide bonds. The molecule has 1 aliphatic rings. The summed E-state index contributed by atoms with van der Waals surface area (Å²) in [6.07, 6.45) is 0. The average molecular weight is 440 g/mol. The molecule has 0 unspecified atom stereocenters. The number of aromatic hydroxyl groups is 1. The fraction of sp³-hybridized carbons (Fsp3) is 0.222. The number of rotatable bonds is 4. The third-order valence-electron chi connectivity index (χ3n) is 4.15. The van der Waals surface area contributed by atoms with Gasteiger partial charge >= 0.3 is 11.8 Å². The Balaban J connectivity index is 1.77. The second-order valence-corrected chi connectivity index (χ2v) is 8.43. The van der Waals surface area contributed by atoms with E-state index < -0.39 is 21.8 Å². The molecule has 0 bridgehead atoms. The van der Waals surface area contributed by atoms with Gasteiger partial charge in [0.05, 0.1) is 34.5 Å². The molecule has 3 N–H and O–H groups in total. The molecule has 2 aromatic rings. The molecule has 154 valence electrons. The van der Waals surface area contributed by atoms with Crippen LogP contribution >= 0.6 is 11.6 Å². The molecular formula is C18H18ClN3O6S. The van der Waals surface area contributed by atoms with Gasteiger partial charge in [-0.15, -0.1) is 0 Å². The van der Waals surface area contributed by atoms with Gasteiger partial charge in [-0.1, -0.05) is 23.7 Å². The molecule has 3 rings (SSSR count). The van der Waals surface area contributed by atoms with Gasteiger partial charge in [-0.05, 0) is 30.3 Å². The lowest BCUT2D eigenvalue weighted by Gasteiger charge is -2.26. The number of nitrogens with one attached hydrogen (secondary N) is 2. The zero-order valence-electron chi connectivity index (χ0n) is 15.1. The van der Waals surface area contributed by atoms with Crippen molar-refractivity contribution in [2.45, 2.75) is 4.90 Å². The van der Waals surface area contributed by atoms with Crippen molar-refractivity contribution in [3.8, 4) is 5.75 Å². The molecule has 9 nitrogen and oxygen atoms in total. The van der Waals surface area contributed by atoms with Gasteiger partial charge in [0, 0.05) is 13.1 Å². The minimum absolute atomic E-state index is 0.0292.